The molecular formula is C24H20S. The highest BCUT2D eigenvalue weighted by Gasteiger charge is 2.38. The van der Waals surface area contributed by atoms with Crippen LogP contribution in [-0.4, -0.2) is 0 Å². The van der Waals surface area contributed by atoms with Crippen LogP contribution in [-0.2, 0) is 5.41 Å². The Hall–Kier alpha value is -2.64. The first-order valence-corrected chi connectivity index (χ1v) is 9.42. The highest BCUT2D eigenvalue weighted by Crippen LogP contribution is 2.46. The van der Waals surface area contributed by atoms with Crippen molar-refractivity contribution in [3.8, 4) is 0 Å². The van der Waals surface area contributed by atoms with Crippen molar-refractivity contribution in [1.29, 1.82) is 0 Å². The quantitative estimate of drug-likeness (QED) is 0.375. The summed E-state index contributed by atoms with van der Waals surface area (Å²) in [5, 5.41) is 2.17. The summed E-state index contributed by atoms with van der Waals surface area (Å²) in [6.45, 7) is 2.14. The molecule has 0 saturated heterocycles. The lowest BCUT2D eigenvalue weighted by Crippen LogP contribution is -2.29. The van der Waals surface area contributed by atoms with Crippen molar-refractivity contribution < 1.29 is 0 Å². The zero-order chi connectivity index (χ0) is 17.1. The third-order valence-electron chi connectivity index (χ3n) is 4.79. The molecule has 0 bridgehead atoms. The lowest BCUT2D eigenvalue weighted by Gasteiger charge is -2.35. The molecular weight excluding hydrogens is 320 g/mol. The Bertz CT molecular complexity index is 881. The van der Waals surface area contributed by atoms with Gasteiger partial charge in [0.25, 0.3) is 0 Å². The Balaban J connectivity index is 2.11. The van der Waals surface area contributed by atoms with E-state index >= 15 is 0 Å². The van der Waals surface area contributed by atoms with E-state index in [0.717, 1.165) is 0 Å². The summed E-state index contributed by atoms with van der Waals surface area (Å²) in [4.78, 5) is 1.34. The van der Waals surface area contributed by atoms with Crippen LogP contribution in [0.2, 0.25) is 0 Å². The monoisotopic (exact) mass is 340 g/mol. The largest absolute Gasteiger partial charge is 0.147 e. The van der Waals surface area contributed by atoms with E-state index in [2.05, 4.69) is 109 Å². The number of thiophene rings is 1. The van der Waals surface area contributed by atoms with Crippen LogP contribution in [0.15, 0.2) is 102 Å². The van der Waals surface area contributed by atoms with Crippen LogP contribution in [0.3, 0.4) is 0 Å². The molecule has 25 heavy (non-hydrogen) atoms. The number of hydrogen-bond acceptors (Lipinski definition) is 1. The molecule has 0 aliphatic carbocycles. The van der Waals surface area contributed by atoms with Gasteiger partial charge >= 0.3 is 0 Å². The van der Waals surface area contributed by atoms with E-state index in [-0.39, 0.29) is 5.41 Å². The molecule has 0 unspecified atom stereocenters. The van der Waals surface area contributed by atoms with E-state index in [9.17, 15) is 0 Å². The van der Waals surface area contributed by atoms with Gasteiger partial charge in [-0.1, -0.05) is 96.6 Å². The Morgan fingerprint density at radius 2 is 1.08 bits per heavy atom. The van der Waals surface area contributed by atoms with Gasteiger partial charge in [0.2, 0.25) is 0 Å². The molecule has 0 spiro atoms. The van der Waals surface area contributed by atoms with Gasteiger partial charge in [-0.15, -0.1) is 11.3 Å². The maximum atomic E-state index is 2.27. The summed E-state index contributed by atoms with van der Waals surface area (Å²) >= 11 is 1.82. The zero-order valence-electron chi connectivity index (χ0n) is 14.2. The molecule has 122 valence electrons. The van der Waals surface area contributed by atoms with E-state index in [4.69, 9.17) is 0 Å². The molecule has 0 radical (unpaired) electrons. The summed E-state index contributed by atoms with van der Waals surface area (Å²) in [7, 11) is 0. The van der Waals surface area contributed by atoms with Crippen molar-refractivity contribution in [2.24, 2.45) is 0 Å². The fourth-order valence-corrected chi connectivity index (χ4v) is 4.59. The molecule has 0 atom stereocenters. The number of hydrogen-bond donors (Lipinski definition) is 0. The summed E-state index contributed by atoms with van der Waals surface area (Å²) in [6.07, 6.45) is 0. The zero-order valence-corrected chi connectivity index (χ0v) is 15.0. The van der Waals surface area contributed by atoms with Gasteiger partial charge in [0.05, 0.1) is 5.41 Å². The van der Waals surface area contributed by atoms with E-state index in [0.29, 0.717) is 0 Å². The van der Waals surface area contributed by atoms with Crippen molar-refractivity contribution in [2.75, 3.05) is 0 Å². The topological polar surface area (TPSA) is 0 Å². The molecule has 0 aliphatic rings. The molecule has 0 nitrogen and oxygen atoms in total. The van der Waals surface area contributed by atoms with Crippen molar-refractivity contribution in [2.45, 2.75) is 12.3 Å². The minimum Gasteiger partial charge on any atom is -0.147 e. The molecule has 3 aromatic carbocycles. The van der Waals surface area contributed by atoms with Crippen molar-refractivity contribution in [3.63, 3.8) is 0 Å². The molecule has 1 heterocycles. The molecule has 4 aromatic rings. The standard InChI is InChI=1S/C24H20S/c1-19-14-16-22(17-15-19)24(23-13-8-18-25-23,20-9-4-2-5-10-20)21-11-6-3-7-12-21/h2-18H,1H3. The minimum absolute atomic E-state index is 0.287. The summed E-state index contributed by atoms with van der Waals surface area (Å²) in [5.41, 5.74) is 4.90. The number of rotatable bonds is 4. The first-order chi connectivity index (χ1) is 12.3. The molecule has 0 aliphatic heterocycles. The van der Waals surface area contributed by atoms with Gasteiger partial charge in [-0.05, 0) is 35.1 Å². The van der Waals surface area contributed by atoms with Gasteiger partial charge in [-0.2, -0.15) is 0 Å². The Kier molecular flexibility index (Phi) is 4.25. The van der Waals surface area contributed by atoms with Crippen molar-refractivity contribution in [3.05, 3.63) is 130 Å². The third kappa shape index (κ3) is 2.71. The Morgan fingerprint density at radius 1 is 0.560 bits per heavy atom. The maximum absolute atomic E-state index is 2.27. The van der Waals surface area contributed by atoms with Gasteiger partial charge in [-0.25, -0.2) is 0 Å². The van der Waals surface area contributed by atoms with Crippen LogP contribution >= 0.6 is 11.3 Å². The second-order valence-electron chi connectivity index (χ2n) is 6.33. The Morgan fingerprint density at radius 3 is 1.56 bits per heavy atom. The highest BCUT2D eigenvalue weighted by molar-refractivity contribution is 7.10. The molecule has 0 N–H and O–H groups in total. The molecule has 4 rings (SSSR count). The molecule has 1 heteroatoms. The first-order valence-electron chi connectivity index (χ1n) is 8.54. The average Bonchev–Trinajstić information content (AvgIpc) is 3.21. The first kappa shape index (κ1) is 15.9. The smallest absolute Gasteiger partial charge is 0.0794 e. The van der Waals surface area contributed by atoms with Gasteiger partial charge in [-0.3, -0.25) is 0 Å². The summed E-state index contributed by atoms with van der Waals surface area (Å²) in [6, 6.07) is 35.0. The molecule has 0 amide bonds. The Labute approximate surface area is 153 Å². The van der Waals surface area contributed by atoms with Gasteiger partial charge in [0.1, 0.15) is 0 Å². The van der Waals surface area contributed by atoms with Crippen LogP contribution in [0.25, 0.3) is 0 Å². The highest BCUT2D eigenvalue weighted by atomic mass is 32.1. The molecule has 1 aromatic heterocycles. The fraction of sp³-hybridized carbons (Fsp3) is 0.0833. The third-order valence-corrected chi connectivity index (χ3v) is 5.78. The van der Waals surface area contributed by atoms with Crippen LogP contribution in [0.1, 0.15) is 27.1 Å². The van der Waals surface area contributed by atoms with Gasteiger partial charge in [0, 0.05) is 4.88 Å². The van der Waals surface area contributed by atoms with E-state index < -0.39 is 0 Å². The molecule has 0 saturated carbocycles. The van der Waals surface area contributed by atoms with Crippen LogP contribution in [0.5, 0.6) is 0 Å². The van der Waals surface area contributed by atoms with Crippen molar-refractivity contribution >= 4 is 11.3 Å². The van der Waals surface area contributed by atoms with E-state index in [1.165, 1.54) is 27.1 Å². The second kappa shape index (κ2) is 6.70. The van der Waals surface area contributed by atoms with Crippen molar-refractivity contribution in [1.82, 2.24) is 0 Å². The minimum atomic E-state index is -0.287. The molecule has 0 fully saturated rings. The average molecular weight is 340 g/mol. The normalized spacial score (nSPS) is 11.4. The second-order valence-corrected chi connectivity index (χ2v) is 7.27. The predicted molar refractivity (Wildman–Crippen MR) is 107 cm³/mol. The summed E-state index contributed by atoms with van der Waals surface area (Å²) < 4.78 is 0. The summed E-state index contributed by atoms with van der Waals surface area (Å²) in [5.74, 6) is 0. The van der Waals surface area contributed by atoms with Crippen LogP contribution < -0.4 is 0 Å². The van der Waals surface area contributed by atoms with Gasteiger partial charge in [0.15, 0.2) is 0 Å². The van der Waals surface area contributed by atoms with E-state index in [1.54, 1.807) is 0 Å². The number of aryl methyl sites for hydroxylation is 1. The lowest BCUT2D eigenvalue weighted by molar-refractivity contribution is 0.762. The van der Waals surface area contributed by atoms with Crippen LogP contribution in [0.4, 0.5) is 0 Å². The SMILES string of the molecule is Cc1ccc(C(c2ccccc2)(c2ccccc2)c2cccs2)cc1. The number of benzene rings is 3. The predicted octanol–water partition coefficient (Wildman–Crippen LogP) is 6.44. The van der Waals surface area contributed by atoms with Crippen LogP contribution in [0, 0.1) is 6.92 Å². The maximum Gasteiger partial charge on any atom is 0.0794 e. The lowest BCUT2D eigenvalue weighted by atomic mass is 9.68. The van der Waals surface area contributed by atoms with Gasteiger partial charge < -0.3 is 0 Å². The fourth-order valence-electron chi connectivity index (χ4n) is 3.60. The van der Waals surface area contributed by atoms with E-state index in [1.807, 2.05) is 11.3 Å².